The van der Waals surface area contributed by atoms with Crippen LogP contribution in [0.1, 0.15) is 24.5 Å². The van der Waals surface area contributed by atoms with E-state index in [1.165, 1.54) is 0 Å². The summed E-state index contributed by atoms with van der Waals surface area (Å²) in [6.45, 7) is 5.68. The summed E-state index contributed by atoms with van der Waals surface area (Å²) >= 11 is 3.43. The number of amides is 1. The van der Waals surface area contributed by atoms with Crippen LogP contribution in [0.15, 0.2) is 51.9 Å². The standard InChI is InChI=1S/C21H27BrN4O2.HI/c1-4-23-21(25-14-16-7-5-6-8-19(16)28-3)24-12-11-20(27)26-18-13-17(22)10-9-15(18)2;/h5-10,13H,4,11-12,14H2,1-3H3,(H,26,27)(H2,23,24,25);1H. The number of halogens is 2. The van der Waals surface area contributed by atoms with Crippen LogP contribution in [0.3, 0.4) is 0 Å². The van der Waals surface area contributed by atoms with Gasteiger partial charge in [0.1, 0.15) is 5.75 Å². The average Bonchev–Trinajstić information content (AvgIpc) is 2.69. The van der Waals surface area contributed by atoms with Crippen LogP contribution in [-0.4, -0.2) is 32.1 Å². The SMILES string of the molecule is CCNC(=NCc1ccccc1OC)NCCC(=O)Nc1cc(Br)ccc1C.I. The molecular weight excluding hydrogens is 547 g/mol. The summed E-state index contributed by atoms with van der Waals surface area (Å²) in [5.41, 5.74) is 2.84. The number of anilines is 1. The largest absolute Gasteiger partial charge is 0.496 e. The number of hydrogen-bond donors (Lipinski definition) is 3. The third-order valence-corrected chi connectivity index (χ3v) is 4.56. The number of carbonyl (C=O) groups excluding carboxylic acids is 1. The van der Waals surface area contributed by atoms with Crippen LogP contribution in [0.5, 0.6) is 5.75 Å². The monoisotopic (exact) mass is 574 g/mol. The van der Waals surface area contributed by atoms with Crippen molar-refractivity contribution in [3.05, 3.63) is 58.1 Å². The lowest BCUT2D eigenvalue weighted by Gasteiger charge is -2.13. The van der Waals surface area contributed by atoms with Gasteiger partial charge in [-0.1, -0.05) is 40.2 Å². The Morgan fingerprint density at radius 3 is 2.66 bits per heavy atom. The van der Waals surface area contributed by atoms with Crippen molar-refractivity contribution in [2.24, 2.45) is 4.99 Å². The molecule has 0 fully saturated rings. The Hall–Kier alpha value is -1.81. The van der Waals surface area contributed by atoms with Gasteiger partial charge in [0.05, 0.1) is 13.7 Å². The molecule has 0 saturated carbocycles. The Balaban J connectivity index is 0.00000420. The maximum atomic E-state index is 12.2. The van der Waals surface area contributed by atoms with Gasteiger partial charge in [0.2, 0.25) is 5.91 Å². The lowest BCUT2D eigenvalue weighted by molar-refractivity contribution is -0.116. The number of ether oxygens (including phenoxy) is 1. The van der Waals surface area contributed by atoms with E-state index in [1.54, 1.807) is 7.11 Å². The summed E-state index contributed by atoms with van der Waals surface area (Å²) < 4.78 is 6.29. The van der Waals surface area contributed by atoms with Gasteiger partial charge in [0, 0.05) is 35.2 Å². The predicted octanol–water partition coefficient (Wildman–Crippen LogP) is 4.47. The second-order valence-corrected chi connectivity index (χ2v) is 7.11. The van der Waals surface area contributed by atoms with E-state index in [4.69, 9.17) is 4.74 Å². The number of nitrogens with one attached hydrogen (secondary N) is 3. The van der Waals surface area contributed by atoms with Gasteiger partial charge in [-0.15, -0.1) is 24.0 Å². The van der Waals surface area contributed by atoms with Crippen LogP contribution in [0.4, 0.5) is 5.69 Å². The van der Waals surface area contributed by atoms with E-state index in [1.807, 2.05) is 56.3 Å². The summed E-state index contributed by atoms with van der Waals surface area (Å²) in [6, 6.07) is 13.6. The third kappa shape index (κ3) is 8.61. The van der Waals surface area contributed by atoms with Gasteiger partial charge in [-0.2, -0.15) is 0 Å². The minimum Gasteiger partial charge on any atom is -0.496 e. The van der Waals surface area contributed by atoms with Crippen molar-refractivity contribution in [3.8, 4) is 5.75 Å². The van der Waals surface area contributed by atoms with E-state index >= 15 is 0 Å². The lowest BCUT2D eigenvalue weighted by Crippen LogP contribution is -2.38. The van der Waals surface area contributed by atoms with E-state index in [-0.39, 0.29) is 29.9 Å². The highest BCUT2D eigenvalue weighted by molar-refractivity contribution is 14.0. The molecule has 8 heteroatoms. The second kappa shape index (κ2) is 13.4. The maximum Gasteiger partial charge on any atom is 0.226 e. The van der Waals surface area contributed by atoms with Crippen molar-refractivity contribution in [2.45, 2.75) is 26.8 Å². The van der Waals surface area contributed by atoms with E-state index in [0.717, 1.165) is 33.6 Å². The van der Waals surface area contributed by atoms with Crippen LogP contribution >= 0.6 is 39.9 Å². The molecule has 0 atom stereocenters. The first kappa shape index (κ1) is 25.2. The summed E-state index contributed by atoms with van der Waals surface area (Å²) in [5, 5.41) is 9.33. The minimum absolute atomic E-state index is 0. The van der Waals surface area contributed by atoms with E-state index in [9.17, 15) is 4.79 Å². The molecule has 0 aromatic heterocycles. The Labute approximate surface area is 198 Å². The first-order valence-electron chi connectivity index (χ1n) is 9.23. The zero-order valence-electron chi connectivity index (χ0n) is 16.9. The molecule has 0 bridgehead atoms. The van der Waals surface area contributed by atoms with Gasteiger partial charge in [-0.05, 0) is 37.6 Å². The Morgan fingerprint density at radius 1 is 1.17 bits per heavy atom. The van der Waals surface area contributed by atoms with Gasteiger partial charge < -0.3 is 20.7 Å². The number of rotatable bonds is 8. The molecule has 1 amide bonds. The molecule has 2 rings (SSSR count). The van der Waals surface area contributed by atoms with Gasteiger partial charge in [-0.3, -0.25) is 4.79 Å². The molecular formula is C21H28BrIN4O2. The molecule has 0 aliphatic rings. The third-order valence-electron chi connectivity index (χ3n) is 4.06. The van der Waals surface area contributed by atoms with E-state index < -0.39 is 0 Å². The Morgan fingerprint density at radius 2 is 1.93 bits per heavy atom. The summed E-state index contributed by atoms with van der Waals surface area (Å²) in [6.07, 6.45) is 0.338. The zero-order valence-corrected chi connectivity index (χ0v) is 20.8. The number of hydrogen-bond acceptors (Lipinski definition) is 3. The molecule has 0 spiro atoms. The molecule has 3 N–H and O–H groups in total. The minimum atomic E-state index is -0.0470. The number of guanidine groups is 1. The number of para-hydroxylation sites is 1. The number of nitrogens with zero attached hydrogens (tertiary/aromatic N) is 1. The molecule has 0 heterocycles. The Kier molecular flexibility index (Phi) is 11.7. The predicted molar refractivity (Wildman–Crippen MR) is 133 cm³/mol. The lowest BCUT2D eigenvalue weighted by atomic mass is 10.2. The van der Waals surface area contributed by atoms with Crippen molar-refractivity contribution in [2.75, 3.05) is 25.5 Å². The normalized spacial score (nSPS) is 10.7. The fraction of sp³-hybridized carbons (Fsp3) is 0.333. The van der Waals surface area contributed by atoms with Crippen LogP contribution < -0.4 is 20.7 Å². The van der Waals surface area contributed by atoms with Crippen LogP contribution in [-0.2, 0) is 11.3 Å². The highest BCUT2D eigenvalue weighted by atomic mass is 127. The summed E-state index contributed by atoms with van der Waals surface area (Å²) in [7, 11) is 1.65. The Bertz CT molecular complexity index is 830. The zero-order chi connectivity index (χ0) is 20.4. The first-order chi connectivity index (χ1) is 13.5. The average molecular weight is 575 g/mol. The highest BCUT2D eigenvalue weighted by Crippen LogP contribution is 2.20. The number of methoxy groups -OCH3 is 1. The van der Waals surface area contributed by atoms with Crippen molar-refractivity contribution >= 4 is 57.5 Å². The van der Waals surface area contributed by atoms with Crippen molar-refractivity contribution < 1.29 is 9.53 Å². The molecule has 0 radical (unpaired) electrons. The maximum absolute atomic E-state index is 12.2. The molecule has 2 aromatic carbocycles. The van der Waals surface area contributed by atoms with E-state index in [0.29, 0.717) is 25.5 Å². The number of benzene rings is 2. The molecule has 2 aromatic rings. The molecule has 0 aliphatic carbocycles. The van der Waals surface area contributed by atoms with Crippen LogP contribution in [0.2, 0.25) is 0 Å². The van der Waals surface area contributed by atoms with Gasteiger partial charge in [-0.25, -0.2) is 4.99 Å². The van der Waals surface area contributed by atoms with Crippen LogP contribution in [0.25, 0.3) is 0 Å². The smallest absolute Gasteiger partial charge is 0.226 e. The van der Waals surface area contributed by atoms with Crippen molar-refractivity contribution in [3.63, 3.8) is 0 Å². The quantitative estimate of drug-likeness (QED) is 0.247. The highest BCUT2D eigenvalue weighted by Gasteiger charge is 2.07. The van der Waals surface area contributed by atoms with Crippen molar-refractivity contribution in [1.29, 1.82) is 0 Å². The number of carbonyl (C=O) groups is 1. The number of aryl methyl sites for hydroxylation is 1. The van der Waals surface area contributed by atoms with Crippen LogP contribution in [0, 0.1) is 6.92 Å². The first-order valence-corrected chi connectivity index (χ1v) is 10.0. The van der Waals surface area contributed by atoms with Crippen molar-refractivity contribution in [1.82, 2.24) is 10.6 Å². The second-order valence-electron chi connectivity index (χ2n) is 6.19. The topological polar surface area (TPSA) is 74.8 Å². The molecule has 6 nitrogen and oxygen atoms in total. The summed E-state index contributed by atoms with van der Waals surface area (Å²) in [4.78, 5) is 16.8. The molecule has 0 saturated heterocycles. The molecule has 0 unspecified atom stereocenters. The van der Waals surface area contributed by atoms with Gasteiger partial charge in [0.15, 0.2) is 5.96 Å². The fourth-order valence-electron chi connectivity index (χ4n) is 2.58. The van der Waals surface area contributed by atoms with Gasteiger partial charge >= 0.3 is 0 Å². The fourth-order valence-corrected chi connectivity index (χ4v) is 2.94. The summed E-state index contributed by atoms with van der Waals surface area (Å²) in [5.74, 6) is 1.43. The molecule has 158 valence electrons. The molecule has 0 aliphatic heterocycles. The molecule has 29 heavy (non-hydrogen) atoms. The van der Waals surface area contributed by atoms with Gasteiger partial charge in [0.25, 0.3) is 0 Å². The number of aliphatic imine (C=N–C) groups is 1. The van der Waals surface area contributed by atoms with E-state index in [2.05, 4.69) is 36.9 Å².